The average molecular weight is 328 g/mol. The van der Waals surface area contributed by atoms with Crippen LogP contribution in [0, 0.1) is 9.39 Å². The highest BCUT2D eigenvalue weighted by molar-refractivity contribution is 14.1. The van der Waals surface area contributed by atoms with Crippen LogP contribution in [0.2, 0.25) is 0 Å². The molecule has 82 valence electrons. The molecule has 0 amide bonds. The van der Waals surface area contributed by atoms with E-state index < -0.39 is 0 Å². The van der Waals surface area contributed by atoms with Gasteiger partial charge in [0.25, 0.3) is 0 Å². The highest BCUT2D eigenvalue weighted by Crippen LogP contribution is 2.26. The number of benzene rings is 2. The van der Waals surface area contributed by atoms with E-state index in [0.29, 0.717) is 0 Å². The Bertz CT molecular complexity index is 494. The van der Waals surface area contributed by atoms with E-state index in [2.05, 4.69) is 22.6 Å². The molecule has 3 heteroatoms. The molecule has 1 N–H and O–H groups in total. The maximum atomic E-state index is 13.1. The first-order valence-electron chi connectivity index (χ1n) is 4.86. The Morgan fingerprint density at radius 3 is 2.38 bits per heavy atom. The van der Waals surface area contributed by atoms with E-state index in [1.54, 1.807) is 6.07 Å². The highest BCUT2D eigenvalue weighted by atomic mass is 127. The van der Waals surface area contributed by atoms with Crippen LogP contribution in [0.3, 0.4) is 0 Å². The van der Waals surface area contributed by atoms with Gasteiger partial charge in [-0.15, -0.1) is 0 Å². The summed E-state index contributed by atoms with van der Waals surface area (Å²) >= 11 is 2.18. The predicted octanol–water partition coefficient (Wildman–Crippen LogP) is 3.59. The SMILES string of the molecule is OCc1ccc(-c2cc(F)ccc2I)cc1. The van der Waals surface area contributed by atoms with Gasteiger partial charge in [0.05, 0.1) is 6.61 Å². The van der Waals surface area contributed by atoms with Crippen LogP contribution < -0.4 is 0 Å². The first-order chi connectivity index (χ1) is 7.70. The Balaban J connectivity index is 2.45. The molecule has 0 bridgehead atoms. The van der Waals surface area contributed by atoms with E-state index in [0.717, 1.165) is 20.3 Å². The fourth-order valence-corrected chi connectivity index (χ4v) is 2.16. The number of aliphatic hydroxyl groups excluding tert-OH is 1. The summed E-state index contributed by atoms with van der Waals surface area (Å²) in [5.41, 5.74) is 2.70. The van der Waals surface area contributed by atoms with Crippen molar-refractivity contribution < 1.29 is 9.50 Å². The normalized spacial score (nSPS) is 10.4. The highest BCUT2D eigenvalue weighted by Gasteiger charge is 2.04. The van der Waals surface area contributed by atoms with Gasteiger partial charge in [-0.25, -0.2) is 4.39 Å². The molecule has 0 saturated carbocycles. The summed E-state index contributed by atoms with van der Waals surface area (Å²) in [4.78, 5) is 0. The zero-order chi connectivity index (χ0) is 11.5. The fraction of sp³-hybridized carbons (Fsp3) is 0.0769. The van der Waals surface area contributed by atoms with Crippen LogP contribution in [0.25, 0.3) is 11.1 Å². The van der Waals surface area contributed by atoms with Gasteiger partial charge in [0.2, 0.25) is 0 Å². The standard InChI is InChI=1S/C13H10FIO/c14-11-5-6-13(15)12(7-11)10-3-1-9(8-16)2-4-10/h1-7,16H,8H2. The smallest absolute Gasteiger partial charge is 0.123 e. The minimum atomic E-state index is -0.235. The lowest BCUT2D eigenvalue weighted by Gasteiger charge is -2.05. The summed E-state index contributed by atoms with van der Waals surface area (Å²) in [5, 5.41) is 8.94. The van der Waals surface area contributed by atoms with Crippen molar-refractivity contribution in [2.75, 3.05) is 0 Å². The van der Waals surface area contributed by atoms with Crippen molar-refractivity contribution in [1.82, 2.24) is 0 Å². The molecule has 0 fully saturated rings. The van der Waals surface area contributed by atoms with E-state index in [1.165, 1.54) is 12.1 Å². The lowest BCUT2D eigenvalue weighted by molar-refractivity contribution is 0.282. The van der Waals surface area contributed by atoms with Gasteiger partial charge in [-0.2, -0.15) is 0 Å². The number of rotatable bonds is 2. The molecule has 0 aliphatic rings. The summed E-state index contributed by atoms with van der Waals surface area (Å²) in [7, 11) is 0. The number of aliphatic hydroxyl groups is 1. The van der Waals surface area contributed by atoms with Crippen molar-refractivity contribution in [3.63, 3.8) is 0 Å². The summed E-state index contributed by atoms with van der Waals surface area (Å²) in [6.07, 6.45) is 0. The van der Waals surface area contributed by atoms with Gasteiger partial charge in [0, 0.05) is 3.57 Å². The third-order valence-electron chi connectivity index (χ3n) is 2.38. The summed E-state index contributed by atoms with van der Waals surface area (Å²) in [6, 6.07) is 12.2. The van der Waals surface area contributed by atoms with Crippen LogP contribution in [0.4, 0.5) is 4.39 Å². The average Bonchev–Trinajstić information content (AvgIpc) is 2.32. The summed E-state index contributed by atoms with van der Waals surface area (Å²) in [6.45, 7) is 0.0283. The van der Waals surface area contributed by atoms with Crippen molar-refractivity contribution in [2.45, 2.75) is 6.61 Å². The molecule has 0 aromatic heterocycles. The molecule has 0 aliphatic carbocycles. The molecule has 16 heavy (non-hydrogen) atoms. The Labute approximate surface area is 107 Å². The minimum absolute atomic E-state index is 0.0283. The van der Waals surface area contributed by atoms with Crippen LogP contribution in [-0.4, -0.2) is 5.11 Å². The van der Waals surface area contributed by atoms with Crippen LogP contribution in [0.15, 0.2) is 42.5 Å². The van der Waals surface area contributed by atoms with Gasteiger partial charge in [-0.3, -0.25) is 0 Å². The van der Waals surface area contributed by atoms with Crippen LogP contribution in [0.1, 0.15) is 5.56 Å². The summed E-state index contributed by atoms with van der Waals surface area (Å²) in [5.74, 6) is -0.235. The zero-order valence-corrected chi connectivity index (χ0v) is 10.6. The Kier molecular flexibility index (Phi) is 3.56. The molecule has 0 radical (unpaired) electrons. The van der Waals surface area contributed by atoms with Crippen molar-refractivity contribution >= 4 is 22.6 Å². The lowest BCUT2D eigenvalue weighted by Crippen LogP contribution is -1.87. The van der Waals surface area contributed by atoms with Crippen LogP contribution in [0.5, 0.6) is 0 Å². The topological polar surface area (TPSA) is 20.2 Å². The minimum Gasteiger partial charge on any atom is -0.392 e. The molecular weight excluding hydrogens is 318 g/mol. The van der Waals surface area contributed by atoms with Crippen molar-refractivity contribution in [1.29, 1.82) is 0 Å². The Hall–Kier alpha value is -0.940. The maximum absolute atomic E-state index is 13.1. The molecule has 0 atom stereocenters. The molecule has 0 heterocycles. The van der Waals surface area contributed by atoms with Gasteiger partial charge in [-0.05, 0) is 57.5 Å². The van der Waals surface area contributed by atoms with E-state index in [4.69, 9.17) is 5.11 Å². The fourth-order valence-electron chi connectivity index (χ4n) is 1.51. The molecule has 0 saturated heterocycles. The van der Waals surface area contributed by atoms with E-state index in [9.17, 15) is 4.39 Å². The molecule has 0 spiro atoms. The van der Waals surface area contributed by atoms with Gasteiger partial charge >= 0.3 is 0 Å². The van der Waals surface area contributed by atoms with Gasteiger partial charge in [0.1, 0.15) is 5.82 Å². The van der Waals surface area contributed by atoms with Crippen LogP contribution in [-0.2, 0) is 6.61 Å². The summed E-state index contributed by atoms with van der Waals surface area (Å²) < 4.78 is 14.1. The predicted molar refractivity (Wildman–Crippen MR) is 70.5 cm³/mol. The molecule has 0 unspecified atom stereocenters. The molecule has 2 rings (SSSR count). The van der Waals surface area contributed by atoms with Crippen molar-refractivity contribution in [3.8, 4) is 11.1 Å². The van der Waals surface area contributed by atoms with Gasteiger partial charge in [0.15, 0.2) is 0 Å². The second-order valence-corrected chi connectivity index (χ2v) is 4.64. The Morgan fingerprint density at radius 1 is 1.06 bits per heavy atom. The van der Waals surface area contributed by atoms with Crippen molar-refractivity contribution in [2.24, 2.45) is 0 Å². The van der Waals surface area contributed by atoms with Crippen LogP contribution >= 0.6 is 22.6 Å². The molecule has 1 nitrogen and oxygen atoms in total. The number of halogens is 2. The second-order valence-electron chi connectivity index (χ2n) is 3.48. The Morgan fingerprint density at radius 2 is 1.75 bits per heavy atom. The maximum Gasteiger partial charge on any atom is 0.123 e. The number of hydrogen-bond acceptors (Lipinski definition) is 1. The third kappa shape index (κ3) is 2.41. The molecule has 0 aliphatic heterocycles. The first-order valence-corrected chi connectivity index (χ1v) is 5.94. The van der Waals surface area contributed by atoms with Crippen molar-refractivity contribution in [3.05, 3.63) is 57.4 Å². The monoisotopic (exact) mass is 328 g/mol. The lowest BCUT2D eigenvalue weighted by atomic mass is 10.0. The van der Waals surface area contributed by atoms with E-state index in [1.807, 2.05) is 24.3 Å². The molecule has 2 aromatic rings. The number of hydrogen-bond donors (Lipinski definition) is 1. The third-order valence-corrected chi connectivity index (χ3v) is 3.32. The second kappa shape index (κ2) is 4.93. The largest absolute Gasteiger partial charge is 0.392 e. The van der Waals surface area contributed by atoms with E-state index >= 15 is 0 Å². The zero-order valence-electron chi connectivity index (χ0n) is 8.45. The first kappa shape index (κ1) is 11.5. The van der Waals surface area contributed by atoms with Gasteiger partial charge in [-0.1, -0.05) is 24.3 Å². The molecule has 2 aromatic carbocycles. The van der Waals surface area contributed by atoms with E-state index in [-0.39, 0.29) is 12.4 Å². The quantitative estimate of drug-likeness (QED) is 0.836. The van der Waals surface area contributed by atoms with Gasteiger partial charge < -0.3 is 5.11 Å². The molecular formula is C13H10FIO.